The van der Waals surface area contributed by atoms with Gasteiger partial charge in [0.25, 0.3) is 0 Å². The lowest BCUT2D eigenvalue weighted by Gasteiger charge is -2.13. The zero-order valence-electron chi connectivity index (χ0n) is 20.6. The van der Waals surface area contributed by atoms with Crippen LogP contribution in [-0.2, 0) is 11.2 Å². The van der Waals surface area contributed by atoms with Gasteiger partial charge in [-0.25, -0.2) is 0 Å². The SMILES string of the molecule is CCCCC(=CC=CC(=O)N[C@H](C)CCCc1cccnc1)c1cc(OC)c2ccccc2c1. The highest BCUT2D eigenvalue weighted by atomic mass is 16.5. The molecule has 1 atom stereocenters. The summed E-state index contributed by atoms with van der Waals surface area (Å²) in [7, 11) is 1.71. The molecular formula is C30H36N2O2. The Morgan fingerprint density at radius 3 is 2.76 bits per heavy atom. The average Bonchev–Trinajstić information content (AvgIpc) is 2.86. The van der Waals surface area contributed by atoms with Crippen LogP contribution in [-0.4, -0.2) is 24.0 Å². The van der Waals surface area contributed by atoms with Crippen LogP contribution in [0.3, 0.4) is 0 Å². The summed E-state index contributed by atoms with van der Waals surface area (Å²) in [4.78, 5) is 16.6. The normalized spacial score (nSPS) is 12.7. The van der Waals surface area contributed by atoms with Crippen molar-refractivity contribution in [1.82, 2.24) is 10.3 Å². The third kappa shape index (κ3) is 7.58. The van der Waals surface area contributed by atoms with Gasteiger partial charge in [0.05, 0.1) is 7.11 Å². The Morgan fingerprint density at radius 1 is 1.15 bits per heavy atom. The van der Waals surface area contributed by atoms with E-state index in [1.165, 1.54) is 11.1 Å². The Kier molecular flexibility index (Phi) is 9.90. The molecule has 0 fully saturated rings. The summed E-state index contributed by atoms with van der Waals surface area (Å²) in [6.07, 6.45) is 15.3. The Hall–Kier alpha value is -3.40. The van der Waals surface area contributed by atoms with Crippen molar-refractivity contribution in [3.8, 4) is 5.75 Å². The highest BCUT2D eigenvalue weighted by Crippen LogP contribution is 2.32. The van der Waals surface area contributed by atoms with E-state index >= 15 is 0 Å². The van der Waals surface area contributed by atoms with Gasteiger partial charge in [0.2, 0.25) is 5.91 Å². The van der Waals surface area contributed by atoms with Crippen molar-refractivity contribution in [1.29, 1.82) is 0 Å². The third-order valence-corrected chi connectivity index (χ3v) is 5.97. The first-order valence-corrected chi connectivity index (χ1v) is 12.2. The molecule has 0 saturated carbocycles. The minimum atomic E-state index is -0.0592. The molecule has 34 heavy (non-hydrogen) atoms. The fourth-order valence-electron chi connectivity index (χ4n) is 4.09. The number of carbonyl (C=O) groups excluding carboxylic acids is 1. The molecule has 2 aromatic carbocycles. The van der Waals surface area contributed by atoms with Gasteiger partial charge in [-0.1, -0.05) is 55.8 Å². The van der Waals surface area contributed by atoms with Crippen LogP contribution in [0.5, 0.6) is 5.75 Å². The van der Waals surface area contributed by atoms with E-state index < -0.39 is 0 Å². The molecule has 0 aliphatic carbocycles. The lowest BCUT2D eigenvalue weighted by Crippen LogP contribution is -2.31. The van der Waals surface area contributed by atoms with E-state index in [0.29, 0.717) is 0 Å². The van der Waals surface area contributed by atoms with Crippen molar-refractivity contribution < 1.29 is 9.53 Å². The van der Waals surface area contributed by atoms with Gasteiger partial charge >= 0.3 is 0 Å². The lowest BCUT2D eigenvalue weighted by atomic mass is 9.96. The maximum atomic E-state index is 12.4. The van der Waals surface area contributed by atoms with Gasteiger partial charge in [-0.3, -0.25) is 9.78 Å². The molecule has 0 aliphatic rings. The summed E-state index contributed by atoms with van der Waals surface area (Å²) >= 11 is 0. The molecule has 1 N–H and O–H groups in total. The van der Waals surface area contributed by atoms with E-state index in [2.05, 4.69) is 60.6 Å². The maximum Gasteiger partial charge on any atom is 0.244 e. The second kappa shape index (κ2) is 13.3. The Bertz CT molecular complexity index is 1120. The summed E-state index contributed by atoms with van der Waals surface area (Å²) in [5.41, 5.74) is 3.58. The number of nitrogens with one attached hydrogen (secondary N) is 1. The highest BCUT2D eigenvalue weighted by molar-refractivity contribution is 5.92. The topological polar surface area (TPSA) is 51.2 Å². The van der Waals surface area contributed by atoms with Crippen molar-refractivity contribution in [2.24, 2.45) is 0 Å². The van der Waals surface area contributed by atoms with Crippen molar-refractivity contribution >= 4 is 22.3 Å². The molecule has 0 radical (unpaired) electrons. The van der Waals surface area contributed by atoms with Crippen LogP contribution in [0.4, 0.5) is 0 Å². The number of hydrogen-bond acceptors (Lipinski definition) is 3. The number of fused-ring (bicyclic) bond motifs is 1. The van der Waals surface area contributed by atoms with Crippen LogP contribution in [0.1, 0.15) is 57.1 Å². The molecule has 178 valence electrons. The zero-order valence-corrected chi connectivity index (χ0v) is 20.6. The highest BCUT2D eigenvalue weighted by Gasteiger charge is 2.08. The third-order valence-electron chi connectivity index (χ3n) is 5.97. The van der Waals surface area contributed by atoms with E-state index in [1.54, 1.807) is 19.4 Å². The maximum absolute atomic E-state index is 12.4. The number of amides is 1. The Labute approximate surface area is 203 Å². The standard InChI is InChI=1S/C30H36N2O2/c1-4-5-14-25(27-20-26-15-6-7-17-28(26)29(21-27)34-3)16-9-18-30(33)32-23(2)11-8-12-24-13-10-19-31-22-24/h6-7,9-10,13,15-23H,4-5,8,11-12,14H2,1-3H3,(H,32,33)/t23-/m1/s1. The number of hydrogen-bond donors (Lipinski definition) is 1. The largest absolute Gasteiger partial charge is 0.496 e. The van der Waals surface area contributed by atoms with E-state index in [-0.39, 0.29) is 11.9 Å². The second-order valence-corrected chi connectivity index (χ2v) is 8.72. The number of nitrogens with zero attached hydrogens (tertiary/aromatic N) is 1. The molecule has 3 aromatic rings. The predicted molar refractivity (Wildman–Crippen MR) is 142 cm³/mol. The van der Waals surface area contributed by atoms with Crippen LogP contribution >= 0.6 is 0 Å². The summed E-state index contributed by atoms with van der Waals surface area (Å²) in [6.45, 7) is 4.25. The van der Waals surface area contributed by atoms with Gasteiger partial charge < -0.3 is 10.1 Å². The first-order valence-electron chi connectivity index (χ1n) is 12.2. The number of aryl methyl sites for hydroxylation is 1. The van der Waals surface area contributed by atoms with Gasteiger partial charge in [0.15, 0.2) is 0 Å². The molecule has 0 spiro atoms. The van der Waals surface area contributed by atoms with Gasteiger partial charge in [-0.2, -0.15) is 0 Å². The Balaban J connectivity index is 1.63. The number of unbranched alkanes of at least 4 members (excludes halogenated alkanes) is 1. The fraction of sp³-hybridized carbons (Fsp3) is 0.333. The average molecular weight is 457 g/mol. The fourth-order valence-corrected chi connectivity index (χ4v) is 4.09. The minimum absolute atomic E-state index is 0.0592. The predicted octanol–water partition coefficient (Wildman–Crippen LogP) is 6.90. The van der Waals surface area contributed by atoms with E-state index in [1.807, 2.05) is 30.5 Å². The number of benzene rings is 2. The summed E-state index contributed by atoms with van der Waals surface area (Å²) in [5, 5.41) is 5.34. The van der Waals surface area contributed by atoms with Gasteiger partial charge in [-0.15, -0.1) is 0 Å². The molecule has 1 aromatic heterocycles. The number of aromatic nitrogens is 1. The zero-order chi connectivity index (χ0) is 24.2. The molecule has 0 bridgehead atoms. The smallest absolute Gasteiger partial charge is 0.244 e. The molecule has 1 amide bonds. The molecule has 4 heteroatoms. The monoisotopic (exact) mass is 456 g/mol. The van der Waals surface area contributed by atoms with Crippen LogP contribution in [0.15, 0.2) is 79.2 Å². The molecule has 0 saturated heterocycles. The lowest BCUT2D eigenvalue weighted by molar-refractivity contribution is -0.117. The number of ether oxygens (including phenoxy) is 1. The number of allylic oxidation sites excluding steroid dienone is 3. The molecular weight excluding hydrogens is 420 g/mol. The van der Waals surface area contributed by atoms with Crippen LogP contribution in [0, 0.1) is 0 Å². The number of rotatable bonds is 12. The van der Waals surface area contributed by atoms with Crippen molar-refractivity contribution in [3.63, 3.8) is 0 Å². The molecule has 3 rings (SSSR count). The molecule has 0 aliphatic heterocycles. The quantitative estimate of drug-likeness (QED) is 0.238. The van der Waals surface area contributed by atoms with Crippen LogP contribution in [0.25, 0.3) is 16.3 Å². The minimum Gasteiger partial charge on any atom is -0.496 e. The van der Waals surface area contributed by atoms with Crippen LogP contribution in [0.2, 0.25) is 0 Å². The summed E-state index contributed by atoms with van der Waals surface area (Å²) < 4.78 is 5.66. The number of pyridine rings is 1. The van der Waals surface area contributed by atoms with Crippen LogP contribution < -0.4 is 10.1 Å². The van der Waals surface area contributed by atoms with E-state index in [9.17, 15) is 4.79 Å². The first-order chi connectivity index (χ1) is 16.6. The van der Waals surface area contributed by atoms with Gasteiger partial charge in [-0.05, 0) is 79.3 Å². The van der Waals surface area contributed by atoms with E-state index in [4.69, 9.17) is 4.74 Å². The van der Waals surface area contributed by atoms with Crippen molar-refractivity contribution in [3.05, 3.63) is 90.3 Å². The molecule has 1 heterocycles. The van der Waals surface area contributed by atoms with Crippen molar-refractivity contribution in [2.45, 2.75) is 58.4 Å². The molecule has 0 unspecified atom stereocenters. The summed E-state index contributed by atoms with van der Waals surface area (Å²) in [5.74, 6) is 0.813. The molecule has 4 nitrogen and oxygen atoms in total. The van der Waals surface area contributed by atoms with Crippen molar-refractivity contribution in [2.75, 3.05) is 7.11 Å². The van der Waals surface area contributed by atoms with Gasteiger partial charge in [0, 0.05) is 29.9 Å². The second-order valence-electron chi connectivity index (χ2n) is 8.72. The number of methoxy groups -OCH3 is 1. The van der Waals surface area contributed by atoms with Gasteiger partial charge in [0.1, 0.15) is 5.75 Å². The first kappa shape index (κ1) is 25.2. The number of carbonyl (C=O) groups is 1. The van der Waals surface area contributed by atoms with E-state index in [0.717, 1.165) is 60.6 Å². The summed E-state index contributed by atoms with van der Waals surface area (Å²) in [6, 6.07) is 16.7. The Morgan fingerprint density at radius 2 is 2.00 bits per heavy atom.